The molecule has 26 heavy (non-hydrogen) atoms. The third kappa shape index (κ3) is 3.10. The number of nitrogen functional groups attached to an aromatic ring is 1. The monoisotopic (exact) mass is 416 g/mol. The molecule has 0 unspecified atom stereocenters. The molecule has 0 radical (unpaired) electrons. The average Bonchev–Trinajstić information content (AvgIpc) is 3.01. The van der Waals surface area contributed by atoms with Crippen LogP contribution in [0.3, 0.4) is 0 Å². The highest BCUT2D eigenvalue weighted by molar-refractivity contribution is 9.10. The van der Waals surface area contributed by atoms with Gasteiger partial charge in [0.15, 0.2) is 5.82 Å². The molecule has 2 N–H and O–H groups in total. The number of hydrogen-bond donors (Lipinski definition) is 1. The highest BCUT2D eigenvalue weighted by Gasteiger charge is 2.20. The second-order valence-corrected chi connectivity index (χ2v) is 7.02. The number of ether oxygens (including phenoxy) is 1. The molecule has 1 aliphatic rings. The van der Waals surface area contributed by atoms with Crippen molar-refractivity contribution in [3.05, 3.63) is 46.0 Å². The van der Waals surface area contributed by atoms with Gasteiger partial charge < -0.3 is 10.5 Å². The Bertz CT molecular complexity index is 952. The number of aromatic nitrogens is 3. The zero-order valence-corrected chi connectivity index (χ0v) is 15.5. The number of nitrogens with zero attached hydrogens (tertiary/aromatic N) is 5. The molecule has 0 bridgehead atoms. The Morgan fingerprint density at radius 3 is 2.85 bits per heavy atom. The van der Waals surface area contributed by atoms with Crippen LogP contribution in [0.5, 0.6) is 5.75 Å². The fourth-order valence-electron chi connectivity index (χ4n) is 3.19. The minimum atomic E-state index is 0.0806. The first-order chi connectivity index (χ1) is 12.7. The number of fused-ring (bicyclic) bond motifs is 1. The van der Waals surface area contributed by atoms with Gasteiger partial charge in [-0.2, -0.15) is 5.10 Å². The van der Waals surface area contributed by atoms with Crippen LogP contribution in [-0.2, 0) is 0 Å². The summed E-state index contributed by atoms with van der Waals surface area (Å²) in [7, 11) is 0. The maximum Gasteiger partial charge on any atom is 0.152 e. The van der Waals surface area contributed by atoms with Gasteiger partial charge in [0.1, 0.15) is 23.7 Å². The summed E-state index contributed by atoms with van der Waals surface area (Å²) in [6.07, 6.45) is 3.07. The predicted molar refractivity (Wildman–Crippen MR) is 102 cm³/mol. The third-order valence-electron chi connectivity index (χ3n) is 4.50. The van der Waals surface area contributed by atoms with Gasteiger partial charge in [0.25, 0.3) is 0 Å². The Morgan fingerprint density at radius 1 is 1.27 bits per heavy atom. The van der Waals surface area contributed by atoms with E-state index >= 15 is 0 Å². The minimum Gasteiger partial charge on any atom is -0.490 e. The molecule has 8 nitrogen and oxygen atoms in total. The molecule has 3 aromatic rings. The molecule has 2 aromatic heterocycles. The van der Waals surface area contributed by atoms with Crippen molar-refractivity contribution < 1.29 is 4.74 Å². The van der Waals surface area contributed by atoms with Gasteiger partial charge in [-0.1, -0.05) is 12.1 Å². The van der Waals surface area contributed by atoms with Gasteiger partial charge in [-0.3, -0.25) is 5.01 Å². The lowest BCUT2D eigenvalue weighted by Crippen LogP contribution is -2.34. The fraction of sp³-hybridized carbons (Fsp3) is 0.294. The molecule has 134 valence electrons. The Morgan fingerprint density at radius 2 is 2.08 bits per heavy atom. The van der Waals surface area contributed by atoms with Gasteiger partial charge in [-0.25, -0.2) is 9.50 Å². The molecule has 1 fully saturated rings. The van der Waals surface area contributed by atoms with E-state index in [4.69, 9.17) is 10.5 Å². The van der Waals surface area contributed by atoms with Gasteiger partial charge in [0.2, 0.25) is 0 Å². The molecule has 1 saturated heterocycles. The summed E-state index contributed by atoms with van der Waals surface area (Å²) in [5, 5.41) is 8.82. The molecule has 0 saturated carbocycles. The topological polar surface area (TPSA) is 98.1 Å². The number of halogens is 1. The summed E-state index contributed by atoms with van der Waals surface area (Å²) < 4.78 is 8.71. The number of nitroso groups, excluding NO2 is 1. The van der Waals surface area contributed by atoms with Crippen LogP contribution in [0.15, 0.2) is 46.4 Å². The first kappa shape index (κ1) is 16.8. The lowest BCUT2D eigenvalue weighted by Gasteiger charge is -2.28. The maximum absolute atomic E-state index is 10.6. The molecule has 3 heterocycles. The smallest absolute Gasteiger partial charge is 0.152 e. The van der Waals surface area contributed by atoms with Crippen LogP contribution < -0.4 is 10.5 Å². The van der Waals surface area contributed by atoms with Crippen molar-refractivity contribution in [2.24, 2.45) is 5.29 Å². The molecular weight excluding hydrogens is 400 g/mol. The average molecular weight is 417 g/mol. The Kier molecular flexibility index (Phi) is 4.46. The van der Waals surface area contributed by atoms with Crippen LogP contribution in [0.2, 0.25) is 0 Å². The van der Waals surface area contributed by atoms with Crippen molar-refractivity contribution in [1.29, 1.82) is 0 Å². The van der Waals surface area contributed by atoms with Crippen LogP contribution in [-0.4, -0.2) is 38.8 Å². The summed E-state index contributed by atoms with van der Waals surface area (Å²) in [6, 6.07) is 9.83. The van der Waals surface area contributed by atoms with E-state index in [9.17, 15) is 4.91 Å². The highest BCUT2D eigenvalue weighted by Crippen LogP contribution is 2.33. The molecule has 4 rings (SSSR count). The first-order valence-corrected chi connectivity index (χ1v) is 9.08. The van der Waals surface area contributed by atoms with Crippen molar-refractivity contribution in [2.45, 2.75) is 18.9 Å². The quantitative estimate of drug-likeness (QED) is 0.655. The van der Waals surface area contributed by atoms with Gasteiger partial charge in [0.05, 0.1) is 11.0 Å². The predicted octanol–water partition coefficient (Wildman–Crippen LogP) is 3.27. The summed E-state index contributed by atoms with van der Waals surface area (Å²) in [5.41, 5.74) is 8.56. The zero-order chi connectivity index (χ0) is 18.1. The van der Waals surface area contributed by atoms with E-state index in [1.54, 1.807) is 4.52 Å². The summed E-state index contributed by atoms with van der Waals surface area (Å²) in [6.45, 7) is 1.25. The molecule has 1 aliphatic heterocycles. The minimum absolute atomic E-state index is 0.0806. The Balaban J connectivity index is 1.61. The number of piperidine rings is 1. The fourth-order valence-corrected chi connectivity index (χ4v) is 3.78. The van der Waals surface area contributed by atoms with Crippen LogP contribution in [0, 0.1) is 4.91 Å². The Hall–Kier alpha value is -2.68. The number of benzene rings is 1. The van der Waals surface area contributed by atoms with Crippen LogP contribution >= 0.6 is 15.9 Å². The molecular formula is C17H17BrN6O2. The number of hydrogen-bond acceptors (Lipinski definition) is 6. The molecule has 0 amide bonds. The Labute approximate surface area is 158 Å². The second kappa shape index (κ2) is 6.91. The molecule has 1 aromatic carbocycles. The van der Waals surface area contributed by atoms with Crippen molar-refractivity contribution in [2.75, 3.05) is 18.8 Å². The van der Waals surface area contributed by atoms with E-state index in [0.29, 0.717) is 18.9 Å². The number of nitrogens with two attached hydrogens (primary N) is 1. The normalized spacial score (nSPS) is 15.3. The van der Waals surface area contributed by atoms with E-state index in [1.165, 1.54) is 11.3 Å². The zero-order valence-electron chi connectivity index (χ0n) is 13.9. The van der Waals surface area contributed by atoms with Crippen molar-refractivity contribution >= 4 is 27.3 Å². The molecule has 0 atom stereocenters. The van der Waals surface area contributed by atoms with Gasteiger partial charge >= 0.3 is 0 Å². The van der Waals surface area contributed by atoms with Gasteiger partial charge in [-0.05, 0) is 34.1 Å². The summed E-state index contributed by atoms with van der Waals surface area (Å²) in [4.78, 5) is 14.6. The molecule has 9 heteroatoms. The van der Waals surface area contributed by atoms with E-state index in [1.807, 2.05) is 30.3 Å². The van der Waals surface area contributed by atoms with E-state index in [2.05, 4.69) is 31.3 Å². The van der Waals surface area contributed by atoms with Crippen LogP contribution in [0.1, 0.15) is 12.8 Å². The number of rotatable bonds is 4. The first-order valence-electron chi connectivity index (χ1n) is 8.28. The van der Waals surface area contributed by atoms with E-state index in [-0.39, 0.29) is 6.10 Å². The van der Waals surface area contributed by atoms with Crippen molar-refractivity contribution in [3.63, 3.8) is 0 Å². The highest BCUT2D eigenvalue weighted by atomic mass is 79.9. The lowest BCUT2D eigenvalue weighted by molar-refractivity contribution is 0.102. The second-order valence-electron chi connectivity index (χ2n) is 6.16. The third-order valence-corrected chi connectivity index (χ3v) is 5.11. The van der Waals surface area contributed by atoms with Crippen molar-refractivity contribution in [3.8, 4) is 17.0 Å². The largest absolute Gasteiger partial charge is 0.490 e. The summed E-state index contributed by atoms with van der Waals surface area (Å²) in [5.74, 6) is 1.20. The summed E-state index contributed by atoms with van der Waals surface area (Å²) >= 11 is 3.53. The number of anilines is 1. The SMILES string of the molecule is Nc1ncnn2c(-c3cccc(OC4CCN(N=O)CC4)c3)cc(Br)c12. The molecule has 0 spiro atoms. The van der Waals surface area contributed by atoms with Crippen LogP contribution in [0.4, 0.5) is 5.82 Å². The van der Waals surface area contributed by atoms with E-state index in [0.717, 1.165) is 39.8 Å². The van der Waals surface area contributed by atoms with E-state index < -0.39 is 0 Å². The lowest BCUT2D eigenvalue weighted by atomic mass is 10.1. The van der Waals surface area contributed by atoms with Crippen molar-refractivity contribution in [1.82, 2.24) is 19.6 Å². The van der Waals surface area contributed by atoms with Gasteiger partial charge in [0, 0.05) is 36.0 Å². The van der Waals surface area contributed by atoms with Gasteiger partial charge in [-0.15, -0.1) is 4.91 Å². The maximum atomic E-state index is 10.6. The van der Waals surface area contributed by atoms with Crippen LogP contribution in [0.25, 0.3) is 16.8 Å². The standard InChI is InChI=1S/C17H17BrN6O2/c18-14-9-15(24-16(14)17(19)20-10-21-24)11-2-1-3-13(8-11)26-12-4-6-23(22-25)7-5-12/h1-3,8-10,12H,4-7H2,(H2,19,20,21). The molecule has 0 aliphatic carbocycles.